The lowest BCUT2D eigenvalue weighted by Crippen LogP contribution is -2.41. The van der Waals surface area contributed by atoms with Gasteiger partial charge in [-0.3, -0.25) is 9.59 Å². The normalized spacial score (nSPS) is 11.8. The summed E-state index contributed by atoms with van der Waals surface area (Å²) in [4.78, 5) is 26.7. The van der Waals surface area contributed by atoms with Gasteiger partial charge in [0, 0.05) is 31.9 Å². The summed E-state index contributed by atoms with van der Waals surface area (Å²) in [7, 11) is 3.99. The molecule has 0 fully saturated rings. The Kier molecular flexibility index (Phi) is 7.22. The number of hydrogen-bond acceptors (Lipinski definition) is 4. The van der Waals surface area contributed by atoms with Gasteiger partial charge in [-0.05, 0) is 36.3 Å². The third-order valence-corrected chi connectivity index (χ3v) is 4.73. The van der Waals surface area contributed by atoms with Gasteiger partial charge in [0.1, 0.15) is 11.9 Å². The lowest BCUT2D eigenvalue weighted by Gasteiger charge is -2.15. The van der Waals surface area contributed by atoms with E-state index in [0.717, 1.165) is 16.8 Å². The van der Waals surface area contributed by atoms with Crippen LogP contribution in [-0.4, -0.2) is 41.7 Å². The van der Waals surface area contributed by atoms with Crippen molar-refractivity contribution in [3.05, 3.63) is 84.1 Å². The number of nitrogens with zero attached hydrogens (tertiary/aromatic N) is 3. The number of anilines is 2. The molecule has 2 N–H and O–H groups in total. The van der Waals surface area contributed by atoms with Crippen LogP contribution in [0.15, 0.2) is 72.9 Å². The number of rotatable bonds is 8. The van der Waals surface area contributed by atoms with Crippen molar-refractivity contribution in [2.75, 3.05) is 24.3 Å². The summed E-state index contributed by atoms with van der Waals surface area (Å²) >= 11 is 0. The topological polar surface area (TPSA) is 79.3 Å². The average Bonchev–Trinajstić information content (AvgIpc) is 3.19. The van der Waals surface area contributed by atoms with E-state index in [0.29, 0.717) is 12.4 Å². The smallest absolute Gasteiger partial charge is 0.247 e. The Bertz CT molecular complexity index is 1040. The molecule has 0 spiro atoms. The van der Waals surface area contributed by atoms with E-state index < -0.39 is 6.04 Å². The Morgan fingerprint density at radius 1 is 1.06 bits per heavy atom. The van der Waals surface area contributed by atoms with Crippen LogP contribution in [-0.2, 0) is 16.1 Å². The van der Waals surface area contributed by atoms with Gasteiger partial charge in [-0.2, -0.15) is 5.10 Å². The molecule has 0 bridgehead atoms. The third-order valence-electron chi connectivity index (χ3n) is 4.73. The quantitative estimate of drug-likeness (QED) is 0.552. The maximum Gasteiger partial charge on any atom is 0.247 e. The monoisotopic (exact) mass is 417 g/mol. The van der Waals surface area contributed by atoms with Crippen molar-refractivity contribution in [1.82, 2.24) is 15.1 Å². The molecule has 0 radical (unpaired) electrons. The molecule has 1 aromatic heterocycles. The van der Waals surface area contributed by atoms with Gasteiger partial charge in [-0.25, -0.2) is 4.68 Å². The van der Waals surface area contributed by atoms with E-state index in [1.807, 2.05) is 73.6 Å². The molecule has 1 heterocycles. The fraction of sp³-hybridized carbons (Fsp3) is 0.208. The van der Waals surface area contributed by atoms with Crippen molar-refractivity contribution in [3.63, 3.8) is 0 Å². The molecule has 0 saturated heterocycles. The Hall–Kier alpha value is -3.87. The Labute approximate surface area is 182 Å². The Morgan fingerprint density at radius 2 is 1.77 bits per heavy atom. The molecule has 0 aliphatic carbocycles. The molecule has 0 aliphatic heterocycles. The van der Waals surface area contributed by atoms with E-state index in [2.05, 4.69) is 15.7 Å². The molecule has 7 nitrogen and oxygen atoms in total. The highest BCUT2D eigenvalue weighted by Crippen LogP contribution is 2.15. The fourth-order valence-corrected chi connectivity index (χ4v) is 2.93. The van der Waals surface area contributed by atoms with E-state index in [1.54, 1.807) is 29.9 Å². The molecule has 0 aliphatic rings. The summed E-state index contributed by atoms with van der Waals surface area (Å²) in [6, 6.07) is 18.7. The molecular weight excluding hydrogens is 390 g/mol. The first-order chi connectivity index (χ1) is 14.9. The van der Waals surface area contributed by atoms with Crippen molar-refractivity contribution in [2.45, 2.75) is 19.5 Å². The summed E-state index contributed by atoms with van der Waals surface area (Å²) in [6.07, 6.45) is 4.76. The number of aromatic nitrogens is 2. The number of hydrogen-bond donors (Lipinski definition) is 2. The van der Waals surface area contributed by atoms with Gasteiger partial charge in [0.2, 0.25) is 11.8 Å². The van der Waals surface area contributed by atoms with E-state index >= 15 is 0 Å². The largest absolute Gasteiger partial charge is 0.378 e. The average molecular weight is 418 g/mol. The lowest BCUT2D eigenvalue weighted by atomic mass is 10.2. The number of carbonyl (C=O) groups excluding carboxylic acids is 2. The van der Waals surface area contributed by atoms with Crippen molar-refractivity contribution in [1.29, 1.82) is 0 Å². The van der Waals surface area contributed by atoms with Crippen LogP contribution in [0.4, 0.5) is 11.5 Å². The van der Waals surface area contributed by atoms with Crippen LogP contribution in [0.1, 0.15) is 18.1 Å². The van der Waals surface area contributed by atoms with Crippen molar-refractivity contribution < 1.29 is 9.59 Å². The minimum Gasteiger partial charge on any atom is -0.378 e. The van der Waals surface area contributed by atoms with Crippen LogP contribution in [0, 0.1) is 0 Å². The maximum absolute atomic E-state index is 12.5. The molecule has 31 heavy (non-hydrogen) atoms. The highest BCUT2D eigenvalue weighted by atomic mass is 16.2. The molecule has 0 saturated carbocycles. The summed E-state index contributed by atoms with van der Waals surface area (Å²) < 4.78 is 1.71. The van der Waals surface area contributed by atoms with E-state index in [-0.39, 0.29) is 11.8 Å². The van der Waals surface area contributed by atoms with Crippen LogP contribution >= 0.6 is 0 Å². The highest BCUT2D eigenvalue weighted by Gasteiger charge is 2.16. The number of nitrogens with one attached hydrogen (secondary N) is 2. The summed E-state index contributed by atoms with van der Waals surface area (Å²) in [6.45, 7) is 2.17. The van der Waals surface area contributed by atoms with Gasteiger partial charge in [-0.15, -0.1) is 0 Å². The first kappa shape index (κ1) is 21.8. The minimum absolute atomic E-state index is 0.314. The molecule has 160 valence electrons. The molecular formula is C24H27N5O2. The zero-order valence-electron chi connectivity index (χ0n) is 17.9. The Balaban J connectivity index is 1.56. The minimum atomic E-state index is -0.698. The van der Waals surface area contributed by atoms with Crippen LogP contribution in [0.25, 0.3) is 6.08 Å². The first-order valence-electron chi connectivity index (χ1n) is 10.0. The zero-order valence-corrected chi connectivity index (χ0v) is 17.9. The maximum atomic E-state index is 12.5. The molecule has 1 unspecified atom stereocenters. The molecule has 3 rings (SSSR count). The van der Waals surface area contributed by atoms with Gasteiger partial charge in [0.25, 0.3) is 0 Å². The molecule has 3 aromatic rings. The second-order valence-electron chi connectivity index (χ2n) is 7.40. The predicted octanol–water partition coefficient (Wildman–Crippen LogP) is 3.15. The van der Waals surface area contributed by atoms with Crippen LogP contribution in [0.2, 0.25) is 0 Å². The van der Waals surface area contributed by atoms with Gasteiger partial charge < -0.3 is 15.5 Å². The van der Waals surface area contributed by atoms with Gasteiger partial charge in [-0.1, -0.05) is 42.5 Å². The molecule has 7 heteroatoms. The van der Waals surface area contributed by atoms with Gasteiger partial charge >= 0.3 is 0 Å². The second-order valence-corrected chi connectivity index (χ2v) is 7.40. The summed E-state index contributed by atoms with van der Waals surface area (Å²) in [5.74, 6) is -0.0743. The standard InChI is InChI=1S/C24H27N5O2/c1-18(26-23(30)14-11-19-7-5-4-6-8-19)24(31)27-22-15-16-25-29(22)17-20-9-12-21(13-10-20)28(2)3/h4-16,18H,17H2,1-3H3,(H,26,30)(H,27,31)/b14-11+. The summed E-state index contributed by atoms with van der Waals surface area (Å²) in [5, 5.41) is 9.81. The van der Waals surface area contributed by atoms with Crippen LogP contribution in [0.5, 0.6) is 0 Å². The van der Waals surface area contributed by atoms with Gasteiger partial charge in [0.05, 0.1) is 12.7 Å². The number of benzene rings is 2. The van der Waals surface area contributed by atoms with Crippen LogP contribution in [0.3, 0.4) is 0 Å². The number of amides is 2. The second kappa shape index (κ2) is 10.2. The zero-order chi connectivity index (χ0) is 22.2. The van der Waals surface area contributed by atoms with Crippen molar-refractivity contribution >= 4 is 29.4 Å². The van der Waals surface area contributed by atoms with E-state index in [1.165, 1.54) is 6.08 Å². The Morgan fingerprint density at radius 3 is 2.45 bits per heavy atom. The molecule has 2 aromatic carbocycles. The van der Waals surface area contributed by atoms with Crippen molar-refractivity contribution in [2.24, 2.45) is 0 Å². The molecule has 2 amide bonds. The first-order valence-corrected chi connectivity index (χ1v) is 10.0. The highest BCUT2D eigenvalue weighted by molar-refractivity contribution is 5.99. The predicted molar refractivity (Wildman–Crippen MR) is 124 cm³/mol. The van der Waals surface area contributed by atoms with Crippen LogP contribution < -0.4 is 15.5 Å². The van der Waals surface area contributed by atoms with E-state index in [9.17, 15) is 9.59 Å². The fourth-order valence-electron chi connectivity index (χ4n) is 2.93. The van der Waals surface area contributed by atoms with E-state index in [4.69, 9.17) is 0 Å². The number of carbonyl (C=O) groups is 2. The van der Waals surface area contributed by atoms with Gasteiger partial charge in [0.15, 0.2) is 0 Å². The third kappa shape index (κ3) is 6.30. The van der Waals surface area contributed by atoms with Crippen molar-refractivity contribution in [3.8, 4) is 0 Å². The SMILES string of the molecule is CC(NC(=O)/C=C/c1ccccc1)C(=O)Nc1ccnn1Cc1ccc(N(C)C)cc1. The summed E-state index contributed by atoms with van der Waals surface area (Å²) in [5.41, 5.74) is 3.10. The molecule has 1 atom stereocenters. The lowest BCUT2D eigenvalue weighted by molar-refractivity contribution is -0.123.